The summed E-state index contributed by atoms with van der Waals surface area (Å²) in [5.74, 6) is 1.19. The zero-order valence-corrected chi connectivity index (χ0v) is 14.0. The quantitative estimate of drug-likeness (QED) is 0.743. The number of hydrogen-bond donors (Lipinski definition) is 0. The molecule has 1 saturated heterocycles. The highest BCUT2D eigenvalue weighted by Gasteiger charge is 2.15. The van der Waals surface area contributed by atoms with Gasteiger partial charge in [-0.25, -0.2) is 4.98 Å². The summed E-state index contributed by atoms with van der Waals surface area (Å²) in [7, 11) is 4.36. The third kappa shape index (κ3) is 2.73. The number of rotatable bonds is 3. The van der Waals surface area contributed by atoms with Crippen molar-refractivity contribution in [3.63, 3.8) is 0 Å². The third-order valence-corrected chi connectivity index (χ3v) is 5.10. The van der Waals surface area contributed by atoms with E-state index in [4.69, 9.17) is 4.98 Å². The molecule has 2 heterocycles. The first kappa shape index (κ1) is 14.7. The van der Waals surface area contributed by atoms with E-state index in [0.29, 0.717) is 0 Å². The normalized spacial score (nSPS) is 17.3. The molecule has 3 aromatic rings. The predicted molar refractivity (Wildman–Crippen MR) is 95.9 cm³/mol. The lowest BCUT2D eigenvalue weighted by molar-refractivity contribution is 0.154. The minimum absolute atomic E-state index is 1.02. The lowest BCUT2D eigenvalue weighted by Gasteiger charge is -2.32. The fourth-order valence-electron chi connectivity index (χ4n) is 3.58. The standard InChI is InChI=1S/C19H24N4/c1-21-11-13-23(14-12-21)10-9-18-20-17-8-7-15-5-3-4-6-16(15)19(17)22(18)2/h3-8H,9-14H2,1-2H3. The first-order chi connectivity index (χ1) is 11.2. The molecule has 4 nitrogen and oxygen atoms in total. The maximum atomic E-state index is 4.89. The van der Waals surface area contributed by atoms with E-state index in [1.54, 1.807) is 0 Å². The fourth-order valence-corrected chi connectivity index (χ4v) is 3.58. The van der Waals surface area contributed by atoms with Crippen LogP contribution in [0.4, 0.5) is 0 Å². The molecule has 1 aromatic heterocycles. The summed E-state index contributed by atoms with van der Waals surface area (Å²) >= 11 is 0. The molecule has 0 unspecified atom stereocenters. The highest BCUT2D eigenvalue weighted by molar-refractivity contribution is 6.04. The summed E-state index contributed by atoms with van der Waals surface area (Å²) in [6.07, 6.45) is 1.02. The molecule has 1 aliphatic heterocycles. The molecule has 0 atom stereocenters. The van der Waals surface area contributed by atoms with Crippen molar-refractivity contribution in [2.45, 2.75) is 6.42 Å². The Morgan fingerprint density at radius 3 is 2.57 bits per heavy atom. The number of aromatic nitrogens is 2. The monoisotopic (exact) mass is 308 g/mol. The summed E-state index contributed by atoms with van der Waals surface area (Å²) in [5.41, 5.74) is 2.37. The molecule has 0 bridgehead atoms. The highest BCUT2D eigenvalue weighted by Crippen LogP contribution is 2.25. The van der Waals surface area contributed by atoms with Crippen molar-refractivity contribution in [3.8, 4) is 0 Å². The van der Waals surface area contributed by atoms with Crippen molar-refractivity contribution in [2.75, 3.05) is 39.8 Å². The molecule has 120 valence electrons. The molecule has 4 heteroatoms. The number of aryl methyl sites for hydroxylation is 1. The molecule has 0 spiro atoms. The van der Waals surface area contributed by atoms with Crippen molar-refractivity contribution < 1.29 is 0 Å². The van der Waals surface area contributed by atoms with Gasteiger partial charge in [0.1, 0.15) is 5.82 Å². The van der Waals surface area contributed by atoms with Crippen LogP contribution in [0.25, 0.3) is 21.8 Å². The first-order valence-corrected chi connectivity index (χ1v) is 8.46. The largest absolute Gasteiger partial charge is 0.331 e. The molecule has 1 aliphatic rings. The van der Waals surface area contributed by atoms with Gasteiger partial charge in [-0.1, -0.05) is 30.3 Å². The van der Waals surface area contributed by atoms with Crippen LogP contribution in [0.3, 0.4) is 0 Å². The van der Waals surface area contributed by atoms with E-state index in [1.807, 2.05) is 0 Å². The van der Waals surface area contributed by atoms with Gasteiger partial charge in [-0.05, 0) is 18.5 Å². The van der Waals surface area contributed by atoms with Crippen molar-refractivity contribution in [3.05, 3.63) is 42.2 Å². The van der Waals surface area contributed by atoms with Gasteiger partial charge in [-0.2, -0.15) is 0 Å². The van der Waals surface area contributed by atoms with Crippen LogP contribution in [0.1, 0.15) is 5.82 Å². The van der Waals surface area contributed by atoms with Crippen LogP contribution in [0.5, 0.6) is 0 Å². The molecular weight excluding hydrogens is 284 g/mol. The molecule has 0 amide bonds. The molecule has 0 radical (unpaired) electrons. The summed E-state index contributed by atoms with van der Waals surface area (Å²) in [6, 6.07) is 12.9. The van der Waals surface area contributed by atoms with Crippen molar-refractivity contribution >= 4 is 21.8 Å². The number of piperazine rings is 1. The molecule has 23 heavy (non-hydrogen) atoms. The molecular formula is C19H24N4. The molecule has 2 aromatic carbocycles. The number of hydrogen-bond acceptors (Lipinski definition) is 3. The van der Waals surface area contributed by atoms with E-state index >= 15 is 0 Å². The smallest absolute Gasteiger partial charge is 0.110 e. The van der Waals surface area contributed by atoms with Crippen LogP contribution in [-0.2, 0) is 13.5 Å². The van der Waals surface area contributed by atoms with Crippen molar-refractivity contribution in [1.29, 1.82) is 0 Å². The highest BCUT2D eigenvalue weighted by atomic mass is 15.2. The lowest BCUT2D eigenvalue weighted by atomic mass is 10.1. The van der Waals surface area contributed by atoms with Crippen LogP contribution in [0.15, 0.2) is 36.4 Å². The van der Waals surface area contributed by atoms with Crippen LogP contribution >= 0.6 is 0 Å². The van der Waals surface area contributed by atoms with Gasteiger partial charge in [0.05, 0.1) is 11.0 Å². The Morgan fingerprint density at radius 1 is 0.957 bits per heavy atom. The lowest BCUT2D eigenvalue weighted by Crippen LogP contribution is -2.45. The van der Waals surface area contributed by atoms with E-state index in [1.165, 1.54) is 48.3 Å². The number of likely N-dealkylation sites (N-methyl/N-ethyl adjacent to an activating group) is 1. The maximum Gasteiger partial charge on any atom is 0.110 e. The van der Waals surface area contributed by atoms with E-state index in [-0.39, 0.29) is 0 Å². The van der Waals surface area contributed by atoms with Crippen LogP contribution < -0.4 is 0 Å². The summed E-state index contributed by atoms with van der Waals surface area (Å²) in [4.78, 5) is 9.84. The molecule has 0 aliphatic carbocycles. The van der Waals surface area contributed by atoms with Crippen LogP contribution in [0.2, 0.25) is 0 Å². The Hall–Kier alpha value is -1.91. The summed E-state index contributed by atoms with van der Waals surface area (Å²) in [6.45, 7) is 5.79. The van der Waals surface area contributed by atoms with Crippen molar-refractivity contribution in [1.82, 2.24) is 19.4 Å². The van der Waals surface area contributed by atoms with Gasteiger partial charge in [0, 0.05) is 51.6 Å². The SMILES string of the molecule is CN1CCN(CCc2nc3ccc4ccccc4c3n2C)CC1. The van der Waals surface area contributed by atoms with Gasteiger partial charge in [0.2, 0.25) is 0 Å². The van der Waals surface area contributed by atoms with Gasteiger partial charge in [0.25, 0.3) is 0 Å². The summed E-state index contributed by atoms with van der Waals surface area (Å²) in [5, 5.41) is 2.58. The van der Waals surface area contributed by atoms with Gasteiger partial charge in [0.15, 0.2) is 0 Å². The topological polar surface area (TPSA) is 24.3 Å². The first-order valence-electron chi connectivity index (χ1n) is 8.46. The van der Waals surface area contributed by atoms with E-state index in [2.05, 4.69) is 64.9 Å². The van der Waals surface area contributed by atoms with Crippen molar-refractivity contribution in [2.24, 2.45) is 7.05 Å². The second-order valence-electron chi connectivity index (χ2n) is 6.64. The zero-order valence-electron chi connectivity index (χ0n) is 14.0. The van der Waals surface area contributed by atoms with Gasteiger partial charge >= 0.3 is 0 Å². The second-order valence-corrected chi connectivity index (χ2v) is 6.64. The number of fused-ring (bicyclic) bond motifs is 3. The zero-order chi connectivity index (χ0) is 15.8. The van der Waals surface area contributed by atoms with E-state index in [0.717, 1.165) is 18.5 Å². The Bertz CT molecular complexity index is 828. The Kier molecular flexibility index (Phi) is 3.79. The number of benzene rings is 2. The number of nitrogens with zero attached hydrogens (tertiary/aromatic N) is 4. The fraction of sp³-hybridized carbons (Fsp3) is 0.421. The Balaban J connectivity index is 1.61. The number of imidazole rings is 1. The minimum atomic E-state index is 1.02. The maximum absolute atomic E-state index is 4.89. The Labute approximate surface area is 137 Å². The van der Waals surface area contributed by atoms with Gasteiger partial charge in [-0.3, -0.25) is 0 Å². The molecule has 0 saturated carbocycles. The Morgan fingerprint density at radius 2 is 1.74 bits per heavy atom. The molecule has 1 fully saturated rings. The predicted octanol–water partition coefficient (Wildman–Crippen LogP) is 2.52. The van der Waals surface area contributed by atoms with Crippen LogP contribution in [0, 0.1) is 0 Å². The second kappa shape index (κ2) is 5.95. The van der Waals surface area contributed by atoms with Gasteiger partial charge in [-0.15, -0.1) is 0 Å². The van der Waals surface area contributed by atoms with E-state index < -0.39 is 0 Å². The van der Waals surface area contributed by atoms with Gasteiger partial charge < -0.3 is 14.4 Å². The third-order valence-electron chi connectivity index (χ3n) is 5.10. The van der Waals surface area contributed by atoms with Crippen LogP contribution in [-0.4, -0.2) is 59.1 Å². The average Bonchev–Trinajstić information content (AvgIpc) is 2.91. The molecule has 0 N–H and O–H groups in total. The molecule has 4 rings (SSSR count). The summed E-state index contributed by atoms with van der Waals surface area (Å²) < 4.78 is 2.29. The average molecular weight is 308 g/mol. The van der Waals surface area contributed by atoms with E-state index in [9.17, 15) is 0 Å². The minimum Gasteiger partial charge on any atom is -0.331 e.